The first-order valence-corrected chi connectivity index (χ1v) is 10.7. The molecular weight excluding hydrogens is 384 g/mol. The van der Waals surface area contributed by atoms with E-state index in [0.29, 0.717) is 17.7 Å². The number of hydrogen-bond donors (Lipinski definition) is 2. The van der Waals surface area contributed by atoms with Crippen molar-refractivity contribution >= 4 is 44.7 Å². The van der Waals surface area contributed by atoms with E-state index >= 15 is 0 Å². The summed E-state index contributed by atoms with van der Waals surface area (Å²) in [5.74, 6) is -0.558. The minimum Gasteiger partial charge on any atom is -0.370 e. The lowest BCUT2D eigenvalue weighted by Gasteiger charge is -2.22. The average molecular weight is 409 g/mol. The summed E-state index contributed by atoms with van der Waals surface area (Å²) >= 11 is 1.68. The lowest BCUT2D eigenvalue weighted by molar-refractivity contribution is -0.116. The molecule has 150 valence electrons. The van der Waals surface area contributed by atoms with Crippen LogP contribution in [-0.2, 0) is 11.2 Å². The Bertz CT molecular complexity index is 1010. The third kappa shape index (κ3) is 4.56. The molecule has 1 aromatic heterocycles. The largest absolute Gasteiger partial charge is 0.370 e. The molecule has 0 atom stereocenters. The number of thiazole rings is 1. The fraction of sp³-hybridized carbons (Fsp3) is 0.318. The van der Waals surface area contributed by atoms with Gasteiger partial charge in [0.05, 0.1) is 26.6 Å². The van der Waals surface area contributed by atoms with Gasteiger partial charge in [-0.2, -0.15) is 0 Å². The number of anilines is 2. The Morgan fingerprint density at radius 1 is 1.14 bits per heavy atom. The molecule has 2 amide bonds. The van der Waals surface area contributed by atoms with E-state index in [0.717, 1.165) is 55.0 Å². The fourth-order valence-electron chi connectivity index (χ4n) is 3.66. The molecule has 7 heteroatoms. The van der Waals surface area contributed by atoms with Crippen LogP contribution in [0.2, 0.25) is 0 Å². The van der Waals surface area contributed by atoms with Crippen LogP contribution < -0.4 is 16.0 Å². The number of rotatable bonds is 7. The number of amides is 2. The SMILES string of the molecule is NC(=O)c1ccc(N2CCCC2)c(NC(=O)CCCc2nc3ccccc3s2)c1. The van der Waals surface area contributed by atoms with Crippen molar-refractivity contribution in [2.24, 2.45) is 5.73 Å². The fourth-order valence-corrected chi connectivity index (χ4v) is 4.67. The van der Waals surface area contributed by atoms with Gasteiger partial charge < -0.3 is 16.0 Å². The molecule has 0 unspecified atom stereocenters. The zero-order valence-corrected chi connectivity index (χ0v) is 17.0. The third-order valence-electron chi connectivity index (χ3n) is 5.13. The van der Waals surface area contributed by atoms with E-state index in [2.05, 4.69) is 21.3 Å². The number of carbonyl (C=O) groups is 2. The molecule has 2 aromatic carbocycles. The normalized spacial score (nSPS) is 13.7. The first-order chi connectivity index (χ1) is 14.1. The molecule has 29 heavy (non-hydrogen) atoms. The van der Waals surface area contributed by atoms with Crippen molar-refractivity contribution in [3.8, 4) is 0 Å². The molecule has 2 heterocycles. The van der Waals surface area contributed by atoms with Gasteiger partial charge in [0.15, 0.2) is 0 Å². The molecule has 0 aliphatic carbocycles. The maximum Gasteiger partial charge on any atom is 0.248 e. The number of nitrogens with one attached hydrogen (secondary N) is 1. The molecule has 3 aromatic rings. The average Bonchev–Trinajstić information content (AvgIpc) is 3.37. The molecular formula is C22H24N4O2S. The molecule has 0 saturated carbocycles. The zero-order chi connectivity index (χ0) is 20.2. The van der Waals surface area contributed by atoms with Crippen molar-refractivity contribution in [3.63, 3.8) is 0 Å². The summed E-state index contributed by atoms with van der Waals surface area (Å²) in [5, 5.41) is 4.04. The Balaban J connectivity index is 1.40. The summed E-state index contributed by atoms with van der Waals surface area (Å²) in [4.78, 5) is 31.0. The smallest absolute Gasteiger partial charge is 0.248 e. The number of benzene rings is 2. The molecule has 1 fully saturated rings. The van der Waals surface area contributed by atoms with Crippen LogP contribution >= 0.6 is 11.3 Å². The van der Waals surface area contributed by atoms with Gasteiger partial charge in [0, 0.05) is 25.1 Å². The minimum absolute atomic E-state index is 0.0619. The first-order valence-electron chi connectivity index (χ1n) is 9.93. The molecule has 1 aliphatic heterocycles. The molecule has 6 nitrogen and oxygen atoms in total. The molecule has 3 N–H and O–H groups in total. The molecule has 4 rings (SSSR count). The van der Waals surface area contributed by atoms with Gasteiger partial charge in [0.1, 0.15) is 0 Å². The number of nitrogens with two attached hydrogens (primary N) is 1. The minimum atomic E-state index is -0.496. The van der Waals surface area contributed by atoms with E-state index in [1.807, 2.05) is 24.3 Å². The molecule has 0 spiro atoms. The Hall–Kier alpha value is -2.93. The van der Waals surface area contributed by atoms with Gasteiger partial charge in [-0.25, -0.2) is 4.98 Å². The highest BCUT2D eigenvalue weighted by atomic mass is 32.1. The second-order valence-corrected chi connectivity index (χ2v) is 8.38. The summed E-state index contributed by atoms with van der Waals surface area (Å²) in [6, 6.07) is 13.3. The van der Waals surface area contributed by atoms with E-state index < -0.39 is 5.91 Å². The van der Waals surface area contributed by atoms with Gasteiger partial charge in [-0.1, -0.05) is 12.1 Å². The number of nitrogens with zero attached hydrogens (tertiary/aromatic N) is 2. The van der Waals surface area contributed by atoms with Gasteiger partial charge in [-0.15, -0.1) is 11.3 Å². The maximum atomic E-state index is 12.6. The quantitative estimate of drug-likeness (QED) is 0.619. The summed E-state index contributed by atoms with van der Waals surface area (Å²) in [7, 11) is 0. The molecule has 0 bridgehead atoms. The van der Waals surface area contributed by atoms with E-state index in [1.54, 1.807) is 23.5 Å². The first kappa shape index (κ1) is 19.4. The summed E-state index contributed by atoms with van der Waals surface area (Å²) < 4.78 is 1.17. The number of fused-ring (bicyclic) bond motifs is 1. The van der Waals surface area contributed by atoms with Crippen LogP contribution in [0.3, 0.4) is 0 Å². The van der Waals surface area contributed by atoms with Gasteiger partial charge in [0.25, 0.3) is 0 Å². The van der Waals surface area contributed by atoms with E-state index in [-0.39, 0.29) is 5.91 Å². The summed E-state index contributed by atoms with van der Waals surface area (Å²) in [6.45, 7) is 1.91. The van der Waals surface area contributed by atoms with Crippen molar-refractivity contribution < 1.29 is 9.59 Å². The van der Waals surface area contributed by atoms with Crippen molar-refractivity contribution in [2.75, 3.05) is 23.3 Å². The van der Waals surface area contributed by atoms with Gasteiger partial charge >= 0.3 is 0 Å². The van der Waals surface area contributed by atoms with E-state index in [9.17, 15) is 9.59 Å². The van der Waals surface area contributed by atoms with Crippen LogP contribution in [0, 0.1) is 0 Å². The lowest BCUT2D eigenvalue weighted by atomic mass is 10.1. The standard InChI is InChI=1S/C22H24N4O2S/c23-22(28)15-10-11-18(26-12-3-4-13-26)17(14-15)24-20(27)8-5-9-21-25-16-6-1-2-7-19(16)29-21/h1-2,6-7,10-11,14H,3-5,8-9,12-13H2,(H2,23,28)(H,24,27). The second-order valence-electron chi connectivity index (χ2n) is 7.27. The highest BCUT2D eigenvalue weighted by Gasteiger charge is 2.18. The summed E-state index contributed by atoms with van der Waals surface area (Å²) in [6.07, 6.45) is 4.16. The monoisotopic (exact) mass is 408 g/mol. The number of carbonyl (C=O) groups excluding carboxylic acids is 2. The van der Waals surface area contributed by atoms with Crippen LogP contribution in [0.4, 0.5) is 11.4 Å². The predicted octanol–water partition coefficient (Wildman–Crippen LogP) is 3.96. The third-order valence-corrected chi connectivity index (χ3v) is 6.23. The Morgan fingerprint density at radius 3 is 2.69 bits per heavy atom. The van der Waals surface area contributed by atoms with Gasteiger partial charge in [0.2, 0.25) is 11.8 Å². The van der Waals surface area contributed by atoms with Gasteiger partial charge in [-0.3, -0.25) is 9.59 Å². The molecule has 1 saturated heterocycles. The van der Waals surface area contributed by atoms with Crippen molar-refractivity contribution in [1.29, 1.82) is 0 Å². The Labute approximate surface area is 173 Å². The topological polar surface area (TPSA) is 88.3 Å². The lowest BCUT2D eigenvalue weighted by Crippen LogP contribution is -2.22. The highest BCUT2D eigenvalue weighted by molar-refractivity contribution is 7.18. The van der Waals surface area contributed by atoms with Crippen molar-refractivity contribution in [2.45, 2.75) is 32.1 Å². The molecule has 0 radical (unpaired) electrons. The van der Waals surface area contributed by atoms with Crippen LogP contribution in [0.25, 0.3) is 10.2 Å². The zero-order valence-electron chi connectivity index (χ0n) is 16.2. The predicted molar refractivity (Wildman–Crippen MR) is 118 cm³/mol. The van der Waals surface area contributed by atoms with Crippen molar-refractivity contribution in [1.82, 2.24) is 4.98 Å². The number of hydrogen-bond acceptors (Lipinski definition) is 5. The van der Waals surface area contributed by atoms with Crippen LogP contribution in [0.1, 0.15) is 41.0 Å². The van der Waals surface area contributed by atoms with Crippen LogP contribution in [0.15, 0.2) is 42.5 Å². The number of primary amides is 1. The number of aromatic nitrogens is 1. The Kier molecular flexibility index (Phi) is 5.76. The van der Waals surface area contributed by atoms with Crippen LogP contribution in [0.5, 0.6) is 0 Å². The number of aryl methyl sites for hydroxylation is 1. The van der Waals surface area contributed by atoms with Gasteiger partial charge in [-0.05, 0) is 56.0 Å². The number of para-hydroxylation sites is 1. The van der Waals surface area contributed by atoms with E-state index in [4.69, 9.17) is 5.73 Å². The van der Waals surface area contributed by atoms with Crippen LogP contribution in [-0.4, -0.2) is 29.9 Å². The molecule has 1 aliphatic rings. The second kappa shape index (κ2) is 8.61. The maximum absolute atomic E-state index is 12.6. The van der Waals surface area contributed by atoms with E-state index in [1.165, 1.54) is 4.70 Å². The summed E-state index contributed by atoms with van der Waals surface area (Å²) in [5.41, 5.74) is 8.44. The van der Waals surface area contributed by atoms with Crippen molar-refractivity contribution in [3.05, 3.63) is 53.0 Å². The Morgan fingerprint density at radius 2 is 1.93 bits per heavy atom. The highest BCUT2D eigenvalue weighted by Crippen LogP contribution is 2.30.